The second kappa shape index (κ2) is 6.10. The first kappa shape index (κ1) is 14.6. The molecule has 0 radical (unpaired) electrons. The van der Waals surface area contributed by atoms with Crippen molar-refractivity contribution in [3.8, 4) is 11.1 Å². The van der Waals surface area contributed by atoms with E-state index in [1.807, 2.05) is 0 Å². The molecule has 0 saturated heterocycles. The van der Waals surface area contributed by atoms with E-state index in [9.17, 15) is 4.79 Å². The Hall–Kier alpha value is -1.80. The molecule has 0 aliphatic rings. The molecular formula is C17H17ClO2. The van der Waals surface area contributed by atoms with Crippen LogP contribution in [0.1, 0.15) is 35.3 Å². The molecule has 0 spiro atoms. The molecule has 0 atom stereocenters. The molecule has 0 unspecified atom stereocenters. The maximum Gasteiger partial charge on any atom is 0.335 e. The van der Waals surface area contributed by atoms with Crippen LogP contribution in [-0.2, 0) is 12.8 Å². The number of carbonyl (C=O) groups is 1. The molecule has 0 bridgehead atoms. The summed E-state index contributed by atoms with van der Waals surface area (Å²) in [4.78, 5) is 11.1. The molecule has 0 aliphatic heterocycles. The normalized spacial score (nSPS) is 10.6. The minimum Gasteiger partial charge on any atom is -0.478 e. The lowest BCUT2D eigenvalue weighted by Gasteiger charge is -2.12. The molecule has 0 amide bonds. The predicted molar refractivity (Wildman–Crippen MR) is 82.6 cm³/mol. The summed E-state index contributed by atoms with van der Waals surface area (Å²) in [6, 6.07) is 11.1. The highest BCUT2D eigenvalue weighted by molar-refractivity contribution is 6.33. The van der Waals surface area contributed by atoms with E-state index in [0.717, 1.165) is 24.0 Å². The fraction of sp³-hybridized carbons (Fsp3) is 0.235. The summed E-state index contributed by atoms with van der Waals surface area (Å²) in [6.45, 7) is 4.18. The monoisotopic (exact) mass is 288 g/mol. The number of halogens is 1. The molecule has 2 nitrogen and oxygen atoms in total. The predicted octanol–water partition coefficient (Wildman–Crippen LogP) is 4.83. The molecule has 0 fully saturated rings. The Morgan fingerprint density at radius 1 is 1.05 bits per heavy atom. The first-order valence-corrected chi connectivity index (χ1v) is 7.09. The van der Waals surface area contributed by atoms with Crippen LogP contribution in [0.5, 0.6) is 0 Å². The number of aromatic carboxylic acids is 1. The lowest BCUT2D eigenvalue weighted by molar-refractivity contribution is 0.0697. The minimum atomic E-state index is -0.937. The minimum absolute atomic E-state index is 0.258. The zero-order valence-electron chi connectivity index (χ0n) is 11.6. The van der Waals surface area contributed by atoms with Crippen molar-refractivity contribution in [2.45, 2.75) is 26.7 Å². The third-order valence-corrected chi connectivity index (χ3v) is 3.80. The number of carboxylic acid groups (broad SMARTS) is 1. The van der Waals surface area contributed by atoms with Gasteiger partial charge in [-0.05, 0) is 47.7 Å². The van der Waals surface area contributed by atoms with E-state index in [-0.39, 0.29) is 5.56 Å². The summed E-state index contributed by atoms with van der Waals surface area (Å²) in [7, 11) is 0. The molecular weight excluding hydrogens is 272 g/mol. The lowest BCUT2D eigenvalue weighted by Crippen LogP contribution is -1.98. The van der Waals surface area contributed by atoms with Gasteiger partial charge in [-0.15, -0.1) is 0 Å². The van der Waals surface area contributed by atoms with Crippen molar-refractivity contribution in [1.29, 1.82) is 0 Å². The molecule has 2 aromatic carbocycles. The van der Waals surface area contributed by atoms with Gasteiger partial charge in [-0.25, -0.2) is 4.79 Å². The standard InChI is InChI=1S/C17H17ClO2/c1-3-11-5-6-12(4-2)14(9-11)15-10-13(17(19)20)7-8-16(15)18/h5-10H,3-4H2,1-2H3,(H,19,20). The van der Waals surface area contributed by atoms with Crippen LogP contribution in [0, 0.1) is 0 Å². The van der Waals surface area contributed by atoms with E-state index in [1.54, 1.807) is 12.1 Å². The van der Waals surface area contributed by atoms with Crippen molar-refractivity contribution in [2.75, 3.05) is 0 Å². The Morgan fingerprint density at radius 2 is 1.80 bits per heavy atom. The quantitative estimate of drug-likeness (QED) is 0.875. The fourth-order valence-electron chi connectivity index (χ4n) is 2.27. The topological polar surface area (TPSA) is 37.3 Å². The molecule has 2 rings (SSSR count). The van der Waals surface area contributed by atoms with E-state index in [0.29, 0.717) is 5.02 Å². The third-order valence-electron chi connectivity index (χ3n) is 3.47. The summed E-state index contributed by atoms with van der Waals surface area (Å²) in [5.74, 6) is -0.937. The van der Waals surface area contributed by atoms with Crippen LogP contribution in [-0.4, -0.2) is 11.1 Å². The van der Waals surface area contributed by atoms with Crippen LogP contribution in [0.15, 0.2) is 36.4 Å². The second-order valence-electron chi connectivity index (χ2n) is 4.70. The van der Waals surface area contributed by atoms with Crippen molar-refractivity contribution in [3.05, 3.63) is 58.1 Å². The molecule has 0 aromatic heterocycles. The summed E-state index contributed by atoms with van der Waals surface area (Å²) < 4.78 is 0. The van der Waals surface area contributed by atoms with Crippen LogP contribution in [0.3, 0.4) is 0 Å². The van der Waals surface area contributed by atoms with Gasteiger partial charge in [-0.3, -0.25) is 0 Å². The first-order chi connectivity index (χ1) is 9.56. The molecule has 20 heavy (non-hydrogen) atoms. The van der Waals surface area contributed by atoms with E-state index in [1.165, 1.54) is 17.2 Å². The van der Waals surface area contributed by atoms with Gasteiger partial charge in [0.15, 0.2) is 0 Å². The molecule has 0 heterocycles. The van der Waals surface area contributed by atoms with Gasteiger partial charge in [0.1, 0.15) is 0 Å². The van der Waals surface area contributed by atoms with Crippen molar-refractivity contribution >= 4 is 17.6 Å². The maximum atomic E-state index is 11.1. The van der Waals surface area contributed by atoms with Gasteiger partial charge in [-0.1, -0.05) is 43.6 Å². The van der Waals surface area contributed by atoms with E-state index in [2.05, 4.69) is 32.0 Å². The van der Waals surface area contributed by atoms with Crippen LogP contribution in [0.4, 0.5) is 0 Å². The van der Waals surface area contributed by atoms with Crippen LogP contribution in [0.2, 0.25) is 5.02 Å². The Bertz CT molecular complexity index is 647. The van der Waals surface area contributed by atoms with E-state index < -0.39 is 5.97 Å². The Kier molecular flexibility index (Phi) is 4.46. The Labute approximate surface area is 124 Å². The largest absolute Gasteiger partial charge is 0.478 e. The van der Waals surface area contributed by atoms with Gasteiger partial charge in [0, 0.05) is 10.6 Å². The van der Waals surface area contributed by atoms with Crippen molar-refractivity contribution < 1.29 is 9.90 Å². The smallest absolute Gasteiger partial charge is 0.335 e. The number of aryl methyl sites for hydroxylation is 2. The first-order valence-electron chi connectivity index (χ1n) is 6.71. The van der Waals surface area contributed by atoms with Gasteiger partial charge in [0.25, 0.3) is 0 Å². The zero-order valence-corrected chi connectivity index (χ0v) is 12.4. The van der Waals surface area contributed by atoms with Gasteiger partial charge in [0.2, 0.25) is 0 Å². The van der Waals surface area contributed by atoms with Crippen molar-refractivity contribution in [2.24, 2.45) is 0 Å². The number of rotatable bonds is 4. The number of carboxylic acids is 1. The van der Waals surface area contributed by atoms with E-state index in [4.69, 9.17) is 16.7 Å². The zero-order chi connectivity index (χ0) is 14.7. The highest BCUT2D eigenvalue weighted by Crippen LogP contribution is 2.32. The summed E-state index contributed by atoms with van der Waals surface area (Å²) in [6.07, 6.45) is 1.82. The lowest BCUT2D eigenvalue weighted by atomic mass is 9.94. The molecule has 3 heteroatoms. The van der Waals surface area contributed by atoms with Crippen LogP contribution < -0.4 is 0 Å². The molecule has 2 aromatic rings. The number of hydrogen-bond donors (Lipinski definition) is 1. The average Bonchev–Trinajstić information content (AvgIpc) is 2.46. The average molecular weight is 289 g/mol. The SMILES string of the molecule is CCc1ccc(CC)c(-c2cc(C(=O)O)ccc2Cl)c1. The Balaban J connectivity index is 2.65. The van der Waals surface area contributed by atoms with Gasteiger partial charge < -0.3 is 5.11 Å². The van der Waals surface area contributed by atoms with E-state index >= 15 is 0 Å². The maximum absolute atomic E-state index is 11.1. The highest BCUT2D eigenvalue weighted by Gasteiger charge is 2.12. The Morgan fingerprint density at radius 3 is 2.40 bits per heavy atom. The van der Waals surface area contributed by atoms with Gasteiger partial charge in [0.05, 0.1) is 5.56 Å². The highest BCUT2D eigenvalue weighted by atomic mass is 35.5. The second-order valence-corrected chi connectivity index (χ2v) is 5.11. The van der Waals surface area contributed by atoms with Gasteiger partial charge in [-0.2, -0.15) is 0 Å². The number of benzene rings is 2. The molecule has 0 aliphatic carbocycles. The van der Waals surface area contributed by atoms with Gasteiger partial charge >= 0.3 is 5.97 Å². The fourth-order valence-corrected chi connectivity index (χ4v) is 2.49. The molecule has 1 N–H and O–H groups in total. The molecule has 104 valence electrons. The van der Waals surface area contributed by atoms with Crippen molar-refractivity contribution in [3.63, 3.8) is 0 Å². The third kappa shape index (κ3) is 2.86. The van der Waals surface area contributed by atoms with Crippen LogP contribution in [0.25, 0.3) is 11.1 Å². The van der Waals surface area contributed by atoms with Crippen LogP contribution >= 0.6 is 11.6 Å². The summed E-state index contributed by atoms with van der Waals surface area (Å²) >= 11 is 6.27. The number of hydrogen-bond acceptors (Lipinski definition) is 1. The summed E-state index contributed by atoms with van der Waals surface area (Å²) in [5.41, 5.74) is 4.47. The molecule has 0 saturated carbocycles. The summed E-state index contributed by atoms with van der Waals surface area (Å²) in [5, 5.41) is 9.71. The van der Waals surface area contributed by atoms with Crippen molar-refractivity contribution in [1.82, 2.24) is 0 Å².